The van der Waals surface area contributed by atoms with Crippen molar-refractivity contribution in [3.8, 4) is 0 Å². The number of hydrogen-bond acceptors (Lipinski definition) is 7. The van der Waals surface area contributed by atoms with E-state index >= 15 is 0 Å². The van der Waals surface area contributed by atoms with Gasteiger partial charge in [0.1, 0.15) is 11.6 Å². The van der Waals surface area contributed by atoms with Crippen molar-refractivity contribution in [2.45, 2.75) is 25.8 Å². The molecule has 0 bridgehead atoms. The predicted molar refractivity (Wildman–Crippen MR) is 82.7 cm³/mol. The minimum Gasteiger partial charge on any atom is -0.395 e. The van der Waals surface area contributed by atoms with Crippen molar-refractivity contribution in [3.05, 3.63) is 36.0 Å². The topological polar surface area (TPSA) is 87.1 Å². The van der Waals surface area contributed by atoms with Crippen molar-refractivity contribution in [2.24, 2.45) is 0 Å². The van der Waals surface area contributed by atoms with Crippen molar-refractivity contribution in [2.75, 3.05) is 25.0 Å². The highest BCUT2D eigenvalue weighted by atomic mass is 16.3. The summed E-state index contributed by atoms with van der Waals surface area (Å²) in [7, 11) is 0. The summed E-state index contributed by atoms with van der Waals surface area (Å²) < 4.78 is 0. The van der Waals surface area contributed by atoms with Crippen LogP contribution in [0.5, 0.6) is 0 Å². The zero-order valence-corrected chi connectivity index (χ0v) is 12.6. The number of aryl methyl sites for hydroxylation is 1. The van der Waals surface area contributed by atoms with E-state index in [0.717, 1.165) is 30.9 Å². The van der Waals surface area contributed by atoms with Gasteiger partial charge in [-0.2, -0.15) is 0 Å². The molecule has 3 heterocycles. The van der Waals surface area contributed by atoms with Gasteiger partial charge < -0.3 is 10.4 Å². The zero-order valence-electron chi connectivity index (χ0n) is 12.6. The van der Waals surface area contributed by atoms with Crippen molar-refractivity contribution in [3.63, 3.8) is 0 Å². The Morgan fingerprint density at radius 2 is 2.14 bits per heavy atom. The Kier molecular flexibility index (Phi) is 4.55. The van der Waals surface area contributed by atoms with Gasteiger partial charge in [-0.3, -0.25) is 4.90 Å². The van der Waals surface area contributed by atoms with Crippen molar-refractivity contribution < 1.29 is 5.11 Å². The second-order valence-electron chi connectivity index (χ2n) is 5.37. The molecule has 7 nitrogen and oxygen atoms in total. The third-order valence-corrected chi connectivity index (χ3v) is 3.73. The molecule has 2 aromatic heterocycles. The molecule has 2 aromatic rings. The van der Waals surface area contributed by atoms with Crippen molar-refractivity contribution in [1.29, 1.82) is 0 Å². The van der Waals surface area contributed by atoms with Gasteiger partial charge in [0.25, 0.3) is 0 Å². The molecule has 1 aliphatic rings. The van der Waals surface area contributed by atoms with Crippen LogP contribution in [0, 0.1) is 6.92 Å². The molecule has 0 amide bonds. The van der Waals surface area contributed by atoms with E-state index < -0.39 is 0 Å². The maximum absolute atomic E-state index is 9.18. The van der Waals surface area contributed by atoms with E-state index in [2.05, 4.69) is 30.2 Å². The summed E-state index contributed by atoms with van der Waals surface area (Å²) in [5.74, 6) is 2.01. The monoisotopic (exact) mass is 300 g/mol. The highest BCUT2D eigenvalue weighted by Crippen LogP contribution is 2.30. The third kappa shape index (κ3) is 3.37. The zero-order chi connectivity index (χ0) is 15.4. The van der Waals surface area contributed by atoms with E-state index in [9.17, 15) is 5.11 Å². The van der Waals surface area contributed by atoms with Gasteiger partial charge in [-0.25, -0.2) is 19.9 Å². The number of nitrogens with zero attached hydrogens (tertiary/aromatic N) is 5. The second kappa shape index (κ2) is 6.76. The number of anilines is 2. The molecule has 1 fully saturated rings. The van der Waals surface area contributed by atoms with Crippen LogP contribution < -0.4 is 5.32 Å². The van der Waals surface area contributed by atoms with Crippen LogP contribution in [0.1, 0.15) is 30.4 Å². The number of nitrogens with one attached hydrogen (secondary N) is 1. The molecule has 0 aliphatic carbocycles. The minimum absolute atomic E-state index is 0.158. The summed E-state index contributed by atoms with van der Waals surface area (Å²) >= 11 is 0. The van der Waals surface area contributed by atoms with E-state index in [1.165, 1.54) is 0 Å². The van der Waals surface area contributed by atoms with E-state index in [1.54, 1.807) is 18.5 Å². The van der Waals surface area contributed by atoms with Crippen LogP contribution in [0.15, 0.2) is 24.5 Å². The van der Waals surface area contributed by atoms with Crippen LogP contribution in [0.3, 0.4) is 0 Å². The molecule has 0 radical (unpaired) electrons. The summed E-state index contributed by atoms with van der Waals surface area (Å²) in [4.78, 5) is 19.7. The molecule has 1 saturated heterocycles. The van der Waals surface area contributed by atoms with Gasteiger partial charge in [-0.05, 0) is 32.4 Å². The first-order valence-electron chi connectivity index (χ1n) is 7.51. The Morgan fingerprint density at radius 1 is 1.32 bits per heavy atom. The van der Waals surface area contributed by atoms with Crippen LogP contribution in [0.25, 0.3) is 0 Å². The molecule has 7 heteroatoms. The number of β-amino-alcohol motifs (C(OH)–C–C–N with tert-alkyl or cyclic N) is 1. The molecule has 22 heavy (non-hydrogen) atoms. The van der Waals surface area contributed by atoms with Crippen molar-refractivity contribution >= 4 is 11.8 Å². The summed E-state index contributed by atoms with van der Waals surface area (Å²) in [6, 6.07) is 3.82. The summed E-state index contributed by atoms with van der Waals surface area (Å²) in [5, 5.41) is 12.3. The lowest BCUT2D eigenvalue weighted by Crippen LogP contribution is -2.27. The largest absolute Gasteiger partial charge is 0.395 e. The Bertz CT molecular complexity index is 621. The normalized spacial score (nSPS) is 18.5. The fraction of sp³-hybridized carbons (Fsp3) is 0.467. The Labute approximate surface area is 129 Å². The minimum atomic E-state index is 0.158. The number of hydrogen-bond donors (Lipinski definition) is 2. The third-order valence-electron chi connectivity index (χ3n) is 3.73. The van der Waals surface area contributed by atoms with E-state index in [1.807, 2.05) is 13.0 Å². The predicted octanol–water partition coefficient (Wildman–Crippen LogP) is 1.45. The number of rotatable bonds is 5. The summed E-state index contributed by atoms with van der Waals surface area (Å²) in [6.45, 7) is 3.75. The first-order valence-corrected chi connectivity index (χ1v) is 7.51. The molecule has 0 unspecified atom stereocenters. The molecule has 116 valence electrons. The molecular weight excluding hydrogens is 280 g/mol. The average Bonchev–Trinajstić information content (AvgIpc) is 2.96. The molecule has 2 N–H and O–H groups in total. The number of likely N-dealkylation sites (tertiary alicyclic amines) is 1. The fourth-order valence-electron chi connectivity index (χ4n) is 2.80. The highest BCUT2D eigenvalue weighted by Gasteiger charge is 2.28. The molecular formula is C15H20N6O. The molecule has 3 rings (SSSR count). The second-order valence-corrected chi connectivity index (χ2v) is 5.37. The van der Waals surface area contributed by atoms with Gasteiger partial charge in [0.05, 0.1) is 12.6 Å². The number of aromatic nitrogens is 4. The SMILES string of the molecule is Cc1cc(Nc2ncccn2)nc([C@H]2CCCN2CCO)n1. The van der Waals surface area contributed by atoms with Gasteiger partial charge >= 0.3 is 0 Å². The van der Waals surface area contributed by atoms with Crippen LogP contribution in [-0.4, -0.2) is 49.6 Å². The van der Waals surface area contributed by atoms with Crippen LogP contribution in [0.2, 0.25) is 0 Å². The number of aliphatic hydroxyl groups is 1. The molecule has 0 saturated carbocycles. The molecule has 1 aliphatic heterocycles. The van der Waals surface area contributed by atoms with Gasteiger partial charge in [0.2, 0.25) is 5.95 Å². The lowest BCUT2D eigenvalue weighted by molar-refractivity contribution is 0.181. The van der Waals surface area contributed by atoms with E-state index in [-0.39, 0.29) is 12.6 Å². The smallest absolute Gasteiger partial charge is 0.228 e. The standard InChI is InChI=1S/C15H20N6O/c1-11-10-13(20-15-16-5-3-6-17-15)19-14(18-11)12-4-2-7-21(12)8-9-22/h3,5-6,10,12,22H,2,4,7-9H2,1H3,(H,16,17,18,19,20)/t12-/m1/s1. The quantitative estimate of drug-likeness (QED) is 0.864. The van der Waals surface area contributed by atoms with Crippen LogP contribution >= 0.6 is 0 Å². The molecule has 0 aromatic carbocycles. The average molecular weight is 300 g/mol. The maximum Gasteiger partial charge on any atom is 0.228 e. The first-order chi connectivity index (χ1) is 10.8. The Morgan fingerprint density at radius 3 is 2.91 bits per heavy atom. The van der Waals surface area contributed by atoms with Gasteiger partial charge in [-0.15, -0.1) is 0 Å². The van der Waals surface area contributed by atoms with Gasteiger partial charge in [0.15, 0.2) is 0 Å². The van der Waals surface area contributed by atoms with E-state index in [0.29, 0.717) is 18.3 Å². The highest BCUT2D eigenvalue weighted by molar-refractivity contribution is 5.47. The van der Waals surface area contributed by atoms with Crippen molar-refractivity contribution in [1.82, 2.24) is 24.8 Å². The lowest BCUT2D eigenvalue weighted by atomic mass is 10.2. The Balaban J connectivity index is 1.83. The Hall–Kier alpha value is -2.12. The van der Waals surface area contributed by atoms with E-state index in [4.69, 9.17) is 0 Å². The lowest BCUT2D eigenvalue weighted by Gasteiger charge is -2.22. The summed E-state index contributed by atoms with van der Waals surface area (Å²) in [5.41, 5.74) is 0.902. The summed E-state index contributed by atoms with van der Waals surface area (Å²) in [6.07, 6.45) is 5.49. The first kappa shape index (κ1) is 14.8. The molecule has 1 atom stereocenters. The number of aliphatic hydroxyl groups excluding tert-OH is 1. The fourth-order valence-corrected chi connectivity index (χ4v) is 2.80. The molecule has 0 spiro atoms. The van der Waals surface area contributed by atoms with Gasteiger partial charge in [0, 0.05) is 30.7 Å². The van der Waals surface area contributed by atoms with Gasteiger partial charge in [-0.1, -0.05) is 0 Å². The van der Waals surface area contributed by atoms with Crippen LogP contribution in [-0.2, 0) is 0 Å². The maximum atomic E-state index is 9.18. The van der Waals surface area contributed by atoms with Crippen LogP contribution in [0.4, 0.5) is 11.8 Å².